The molecule has 0 aliphatic carbocycles. The van der Waals surface area contributed by atoms with Gasteiger partial charge in [-0.25, -0.2) is 4.39 Å². The lowest BCUT2D eigenvalue weighted by atomic mass is 10.1. The lowest BCUT2D eigenvalue weighted by molar-refractivity contribution is -0.152. The van der Waals surface area contributed by atoms with Crippen molar-refractivity contribution in [3.63, 3.8) is 0 Å². The minimum absolute atomic E-state index is 0.00787. The van der Waals surface area contributed by atoms with Crippen LogP contribution in [-0.2, 0) is 14.3 Å². The van der Waals surface area contributed by atoms with Gasteiger partial charge in [0.15, 0.2) is 11.6 Å². The van der Waals surface area contributed by atoms with E-state index in [4.69, 9.17) is 21.1 Å². The van der Waals surface area contributed by atoms with E-state index in [0.29, 0.717) is 0 Å². The number of halogens is 2. The van der Waals surface area contributed by atoms with Crippen LogP contribution in [0.25, 0.3) is 0 Å². The molecule has 1 rings (SSSR count). The average Bonchev–Trinajstić information content (AvgIpc) is 2.54. The van der Waals surface area contributed by atoms with Crippen molar-refractivity contribution < 1.29 is 23.5 Å². The quantitative estimate of drug-likeness (QED) is 0.433. The SMILES string of the molecule is CCCCC(CCC)OC(=O)CCC(=O)Oc1c(F)cccc1Cl. The Hall–Kier alpha value is -1.62. The van der Waals surface area contributed by atoms with Crippen molar-refractivity contribution in [1.29, 1.82) is 0 Å². The molecule has 0 fully saturated rings. The third-order valence-electron chi connectivity index (χ3n) is 3.46. The summed E-state index contributed by atoms with van der Waals surface area (Å²) in [5.74, 6) is -2.20. The molecule has 0 aliphatic rings. The zero-order valence-electron chi connectivity index (χ0n) is 14.1. The molecule has 1 atom stereocenters. The lowest BCUT2D eigenvalue weighted by Gasteiger charge is -2.16. The number of rotatable bonds is 10. The van der Waals surface area contributed by atoms with Gasteiger partial charge in [-0.15, -0.1) is 0 Å². The molecule has 4 nitrogen and oxygen atoms in total. The number of ether oxygens (including phenoxy) is 2. The fourth-order valence-electron chi connectivity index (χ4n) is 2.21. The molecule has 1 unspecified atom stereocenters. The van der Waals surface area contributed by atoms with E-state index in [1.165, 1.54) is 12.1 Å². The lowest BCUT2D eigenvalue weighted by Crippen LogP contribution is -2.19. The minimum atomic E-state index is -0.723. The van der Waals surface area contributed by atoms with Gasteiger partial charge in [-0.3, -0.25) is 9.59 Å². The molecular weight excluding hydrogens is 335 g/mol. The highest BCUT2D eigenvalue weighted by Crippen LogP contribution is 2.27. The molecular formula is C18H24ClFO4. The molecule has 0 heterocycles. The third kappa shape index (κ3) is 7.30. The Morgan fingerprint density at radius 1 is 1.12 bits per heavy atom. The van der Waals surface area contributed by atoms with Crippen molar-refractivity contribution in [2.24, 2.45) is 0 Å². The molecule has 6 heteroatoms. The molecule has 0 radical (unpaired) electrons. The van der Waals surface area contributed by atoms with E-state index >= 15 is 0 Å². The van der Waals surface area contributed by atoms with Gasteiger partial charge in [-0.05, 0) is 25.0 Å². The first-order valence-corrected chi connectivity index (χ1v) is 8.69. The second-order valence-electron chi connectivity index (χ2n) is 5.57. The summed E-state index contributed by atoms with van der Waals surface area (Å²) in [6, 6.07) is 3.98. The topological polar surface area (TPSA) is 52.6 Å². The number of hydrogen-bond donors (Lipinski definition) is 0. The smallest absolute Gasteiger partial charge is 0.311 e. The maximum Gasteiger partial charge on any atom is 0.311 e. The Labute approximate surface area is 147 Å². The molecule has 0 N–H and O–H groups in total. The second-order valence-corrected chi connectivity index (χ2v) is 5.97. The molecule has 0 aromatic heterocycles. The van der Waals surface area contributed by atoms with Crippen molar-refractivity contribution in [3.8, 4) is 5.75 Å². The van der Waals surface area contributed by atoms with Gasteiger partial charge in [0.05, 0.1) is 17.9 Å². The molecule has 134 valence electrons. The van der Waals surface area contributed by atoms with Crippen molar-refractivity contribution in [2.75, 3.05) is 0 Å². The molecule has 24 heavy (non-hydrogen) atoms. The maximum absolute atomic E-state index is 13.5. The van der Waals surface area contributed by atoms with E-state index in [1.54, 1.807) is 0 Å². The maximum atomic E-state index is 13.5. The molecule has 0 amide bonds. The number of carbonyl (C=O) groups excluding carboxylic acids is 2. The van der Waals surface area contributed by atoms with E-state index in [-0.39, 0.29) is 29.7 Å². The van der Waals surface area contributed by atoms with Gasteiger partial charge in [0, 0.05) is 0 Å². The zero-order chi connectivity index (χ0) is 17.9. The summed E-state index contributed by atoms with van der Waals surface area (Å²) in [4.78, 5) is 23.6. The van der Waals surface area contributed by atoms with E-state index in [2.05, 4.69) is 6.92 Å². The first kappa shape index (κ1) is 20.4. The number of para-hydroxylation sites is 1. The standard InChI is InChI=1S/C18H24ClFO4/c1-3-5-8-13(7-4-2)23-16(21)11-12-17(22)24-18-14(19)9-6-10-15(18)20/h6,9-10,13H,3-5,7-8,11-12H2,1-2H3. The van der Waals surface area contributed by atoms with Gasteiger partial charge in [0.25, 0.3) is 0 Å². The van der Waals surface area contributed by atoms with Crippen molar-refractivity contribution in [2.45, 2.75) is 64.9 Å². The molecule has 0 saturated heterocycles. The summed E-state index contributed by atoms with van der Waals surface area (Å²) in [6.45, 7) is 4.11. The summed E-state index contributed by atoms with van der Waals surface area (Å²) in [7, 11) is 0. The monoisotopic (exact) mass is 358 g/mol. The van der Waals surface area contributed by atoms with Gasteiger partial charge in [0.2, 0.25) is 0 Å². The predicted molar refractivity (Wildman–Crippen MR) is 90.6 cm³/mol. The summed E-state index contributed by atoms with van der Waals surface area (Å²) >= 11 is 5.78. The Kier molecular flexibility index (Phi) is 9.38. The Bertz CT molecular complexity index is 528. The Morgan fingerprint density at radius 3 is 2.46 bits per heavy atom. The molecule has 0 aliphatic heterocycles. The van der Waals surface area contributed by atoms with Crippen molar-refractivity contribution in [3.05, 3.63) is 29.0 Å². The van der Waals surface area contributed by atoms with Crippen molar-refractivity contribution >= 4 is 23.5 Å². The van der Waals surface area contributed by atoms with Crippen LogP contribution in [0.2, 0.25) is 5.02 Å². The molecule has 0 spiro atoms. The van der Waals surface area contributed by atoms with Crippen LogP contribution in [0.4, 0.5) is 4.39 Å². The van der Waals surface area contributed by atoms with E-state index in [0.717, 1.165) is 38.2 Å². The Morgan fingerprint density at radius 2 is 1.83 bits per heavy atom. The highest BCUT2D eigenvalue weighted by atomic mass is 35.5. The van der Waals surface area contributed by atoms with E-state index in [9.17, 15) is 14.0 Å². The molecule has 0 bridgehead atoms. The summed E-state index contributed by atoms with van der Waals surface area (Å²) in [5.41, 5.74) is 0. The van der Waals surface area contributed by atoms with Crippen molar-refractivity contribution in [1.82, 2.24) is 0 Å². The molecule has 0 saturated carbocycles. The molecule has 1 aromatic rings. The van der Waals surface area contributed by atoms with Gasteiger partial charge in [-0.1, -0.05) is 50.8 Å². The molecule has 1 aromatic carbocycles. The summed E-state index contributed by atoms with van der Waals surface area (Å²) in [5, 5.41) is 0.00787. The van der Waals surface area contributed by atoms with Crippen LogP contribution in [0.15, 0.2) is 18.2 Å². The van der Waals surface area contributed by atoms with Gasteiger partial charge in [0.1, 0.15) is 6.10 Å². The fourth-order valence-corrected chi connectivity index (χ4v) is 2.41. The third-order valence-corrected chi connectivity index (χ3v) is 3.75. The predicted octanol–water partition coefficient (Wildman–Crippen LogP) is 5.07. The number of hydrogen-bond acceptors (Lipinski definition) is 4. The second kappa shape index (κ2) is 11.0. The van der Waals surface area contributed by atoms with Crippen LogP contribution in [-0.4, -0.2) is 18.0 Å². The minimum Gasteiger partial charge on any atom is -0.462 e. The van der Waals surface area contributed by atoms with Gasteiger partial charge < -0.3 is 9.47 Å². The zero-order valence-corrected chi connectivity index (χ0v) is 14.9. The van der Waals surface area contributed by atoms with Crippen LogP contribution in [0.1, 0.15) is 58.8 Å². The normalized spacial score (nSPS) is 11.8. The first-order chi connectivity index (χ1) is 11.5. The van der Waals surface area contributed by atoms with Crippen LogP contribution < -0.4 is 4.74 Å². The summed E-state index contributed by atoms with van der Waals surface area (Å²) < 4.78 is 23.8. The van der Waals surface area contributed by atoms with E-state index < -0.39 is 17.8 Å². The summed E-state index contributed by atoms with van der Waals surface area (Å²) in [6.07, 6.45) is 4.19. The fraction of sp³-hybridized carbons (Fsp3) is 0.556. The largest absolute Gasteiger partial charge is 0.462 e. The average molecular weight is 359 g/mol. The van der Waals surface area contributed by atoms with Gasteiger partial charge >= 0.3 is 11.9 Å². The highest BCUT2D eigenvalue weighted by molar-refractivity contribution is 6.32. The van der Waals surface area contributed by atoms with E-state index in [1.807, 2.05) is 6.92 Å². The van der Waals surface area contributed by atoms with Crippen LogP contribution in [0, 0.1) is 5.82 Å². The van der Waals surface area contributed by atoms with Crippen LogP contribution in [0.3, 0.4) is 0 Å². The number of benzene rings is 1. The number of carbonyl (C=O) groups is 2. The van der Waals surface area contributed by atoms with Gasteiger partial charge in [-0.2, -0.15) is 0 Å². The number of unbranched alkanes of at least 4 members (excludes halogenated alkanes) is 1. The number of esters is 2. The Balaban J connectivity index is 2.44. The van der Waals surface area contributed by atoms with Crippen LogP contribution in [0.5, 0.6) is 5.75 Å². The van der Waals surface area contributed by atoms with Crippen LogP contribution >= 0.6 is 11.6 Å². The first-order valence-electron chi connectivity index (χ1n) is 8.32. The highest BCUT2D eigenvalue weighted by Gasteiger charge is 2.17.